The summed E-state index contributed by atoms with van der Waals surface area (Å²) in [4.78, 5) is 34.9. The number of phenolic OH excluding ortho intramolecular Hbond substituents is 1. The van der Waals surface area contributed by atoms with Crippen LogP contribution in [0.3, 0.4) is 0 Å². The lowest BCUT2D eigenvalue weighted by molar-refractivity contribution is -0.143. The number of unbranched alkanes of at least 4 members (excludes halogenated alkanes) is 2. The van der Waals surface area contributed by atoms with Gasteiger partial charge in [0, 0.05) is 69.9 Å². The number of phenols is 1. The molecule has 5 rings (SSSR count). The van der Waals surface area contributed by atoms with E-state index in [1.54, 1.807) is 6.07 Å². The van der Waals surface area contributed by atoms with Crippen molar-refractivity contribution in [2.75, 3.05) is 59.0 Å². The van der Waals surface area contributed by atoms with Crippen LogP contribution in [0.4, 0.5) is 0 Å². The van der Waals surface area contributed by atoms with Crippen LogP contribution in [-0.2, 0) is 9.53 Å². The van der Waals surface area contributed by atoms with Gasteiger partial charge in [-0.05, 0) is 94.3 Å². The molecule has 0 aromatic heterocycles. The number of nitrogens with zero attached hydrogens (tertiary/aromatic N) is 4. The normalized spacial score (nSPS) is 22.6. The van der Waals surface area contributed by atoms with Crippen LogP contribution in [0, 0.1) is 5.92 Å². The molecular formula is C36H52N4O4. The first-order valence-corrected chi connectivity index (χ1v) is 16.9. The van der Waals surface area contributed by atoms with Crippen LogP contribution < -0.4 is 0 Å². The number of carbonyl (C=O) groups excluding carboxylic acids is 2. The molecule has 44 heavy (non-hydrogen) atoms. The maximum Gasteiger partial charge on any atom is 0.305 e. The van der Waals surface area contributed by atoms with E-state index in [2.05, 4.69) is 46.7 Å². The topological polar surface area (TPSA) is 76.6 Å². The van der Waals surface area contributed by atoms with E-state index in [1.165, 1.54) is 19.4 Å². The second kappa shape index (κ2) is 15.4. The predicted octanol–water partition coefficient (Wildman–Crippen LogP) is 5.17. The SMILES string of the molecule is CCOC(=O)CCCCCN1CCN(C(=O)c2cccc(C(c3cccc(O)c3)N3C[C@@H](C)N(CC4CC4)C[C@@H]3C)c2)CC1. The van der Waals surface area contributed by atoms with Crippen molar-refractivity contribution in [3.8, 4) is 5.75 Å². The van der Waals surface area contributed by atoms with Gasteiger partial charge < -0.3 is 14.7 Å². The van der Waals surface area contributed by atoms with Gasteiger partial charge in [-0.25, -0.2) is 0 Å². The van der Waals surface area contributed by atoms with Crippen molar-refractivity contribution < 1.29 is 19.4 Å². The Hall–Kier alpha value is -2.94. The van der Waals surface area contributed by atoms with Crippen molar-refractivity contribution in [2.45, 2.75) is 77.4 Å². The number of hydrogen-bond donors (Lipinski definition) is 1. The van der Waals surface area contributed by atoms with Gasteiger partial charge in [0.2, 0.25) is 0 Å². The zero-order valence-electron chi connectivity index (χ0n) is 27.0. The van der Waals surface area contributed by atoms with Gasteiger partial charge in [-0.15, -0.1) is 0 Å². The fourth-order valence-corrected chi connectivity index (χ4v) is 6.96. The first-order valence-electron chi connectivity index (χ1n) is 16.9. The number of esters is 1. The Morgan fingerprint density at radius 2 is 1.64 bits per heavy atom. The van der Waals surface area contributed by atoms with Gasteiger partial charge >= 0.3 is 5.97 Å². The fourth-order valence-electron chi connectivity index (χ4n) is 6.96. The number of carbonyl (C=O) groups is 2. The first-order chi connectivity index (χ1) is 21.3. The van der Waals surface area contributed by atoms with Crippen LogP contribution in [0.5, 0.6) is 5.75 Å². The molecule has 2 aromatic carbocycles. The first kappa shape index (κ1) is 32.5. The maximum atomic E-state index is 13.7. The Bertz CT molecular complexity index is 1240. The largest absolute Gasteiger partial charge is 0.508 e. The molecule has 2 aliphatic heterocycles. The highest BCUT2D eigenvalue weighted by Crippen LogP contribution is 2.37. The van der Waals surface area contributed by atoms with Crippen LogP contribution in [0.25, 0.3) is 0 Å². The lowest BCUT2D eigenvalue weighted by atomic mass is 9.92. The zero-order chi connectivity index (χ0) is 31.1. The summed E-state index contributed by atoms with van der Waals surface area (Å²) in [6.45, 7) is 14.3. The van der Waals surface area contributed by atoms with Gasteiger partial charge in [0.25, 0.3) is 5.91 Å². The molecule has 0 radical (unpaired) electrons. The van der Waals surface area contributed by atoms with E-state index in [0.717, 1.165) is 87.7 Å². The summed E-state index contributed by atoms with van der Waals surface area (Å²) < 4.78 is 5.01. The van der Waals surface area contributed by atoms with Crippen molar-refractivity contribution in [3.05, 3.63) is 65.2 Å². The molecule has 0 spiro atoms. The molecule has 0 bridgehead atoms. The van der Waals surface area contributed by atoms with Gasteiger partial charge in [0.1, 0.15) is 5.75 Å². The zero-order valence-corrected chi connectivity index (χ0v) is 27.0. The fraction of sp³-hybridized carbons (Fsp3) is 0.611. The van der Waals surface area contributed by atoms with Crippen molar-refractivity contribution in [1.82, 2.24) is 19.6 Å². The molecule has 240 valence electrons. The highest BCUT2D eigenvalue weighted by Gasteiger charge is 2.37. The summed E-state index contributed by atoms with van der Waals surface area (Å²) in [5.41, 5.74) is 2.88. The third kappa shape index (κ3) is 8.61. The molecule has 1 aliphatic carbocycles. The monoisotopic (exact) mass is 604 g/mol. The molecule has 1 amide bonds. The Morgan fingerprint density at radius 1 is 0.909 bits per heavy atom. The Kier molecular flexibility index (Phi) is 11.3. The van der Waals surface area contributed by atoms with E-state index < -0.39 is 0 Å². The lowest BCUT2D eigenvalue weighted by Gasteiger charge is -2.48. The Labute approximate surface area is 263 Å². The average Bonchev–Trinajstić information content (AvgIpc) is 3.84. The van der Waals surface area contributed by atoms with Gasteiger partial charge in [0.15, 0.2) is 0 Å². The van der Waals surface area contributed by atoms with Crippen molar-refractivity contribution in [2.24, 2.45) is 5.92 Å². The number of amides is 1. The maximum absolute atomic E-state index is 13.7. The molecule has 3 aliphatic rings. The molecule has 2 heterocycles. The van der Waals surface area contributed by atoms with E-state index in [-0.39, 0.29) is 23.7 Å². The molecule has 3 fully saturated rings. The van der Waals surface area contributed by atoms with E-state index in [1.807, 2.05) is 36.1 Å². The minimum absolute atomic E-state index is 0.0453. The van der Waals surface area contributed by atoms with Crippen molar-refractivity contribution >= 4 is 11.9 Å². The molecule has 1 unspecified atom stereocenters. The molecule has 1 saturated carbocycles. The number of benzene rings is 2. The van der Waals surface area contributed by atoms with Crippen LogP contribution in [0.15, 0.2) is 48.5 Å². The van der Waals surface area contributed by atoms with Crippen LogP contribution in [0.1, 0.15) is 86.8 Å². The number of piperazine rings is 2. The number of rotatable bonds is 13. The second-order valence-corrected chi connectivity index (χ2v) is 13.2. The van der Waals surface area contributed by atoms with Gasteiger partial charge in [-0.3, -0.25) is 24.3 Å². The highest BCUT2D eigenvalue weighted by atomic mass is 16.5. The van der Waals surface area contributed by atoms with Gasteiger partial charge in [0.05, 0.1) is 12.6 Å². The van der Waals surface area contributed by atoms with Crippen molar-refractivity contribution in [1.29, 1.82) is 0 Å². The van der Waals surface area contributed by atoms with E-state index in [4.69, 9.17) is 4.74 Å². The Balaban J connectivity index is 1.22. The standard InChI is InChI=1S/C36H52N4O4/c1-4-44-34(42)14-6-5-7-17-37-18-20-38(21-19-37)36(43)32-12-8-10-30(22-32)35(31-11-9-13-33(41)23-31)40-25-27(2)39(24-28(40)3)26-29-15-16-29/h8-13,22-23,27-29,35,41H,4-7,14-21,24-26H2,1-3H3/t27-,28+,35?/m1/s1. The summed E-state index contributed by atoms with van der Waals surface area (Å²) in [6, 6.07) is 16.6. The molecule has 3 atom stereocenters. The molecule has 8 heteroatoms. The molecule has 2 aromatic rings. The number of hydrogen-bond acceptors (Lipinski definition) is 7. The summed E-state index contributed by atoms with van der Waals surface area (Å²) >= 11 is 0. The summed E-state index contributed by atoms with van der Waals surface area (Å²) in [7, 11) is 0. The minimum Gasteiger partial charge on any atom is -0.508 e. The third-order valence-electron chi connectivity index (χ3n) is 9.64. The second-order valence-electron chi connectivity index (χ2n) is 13.2. The number of aromatic hydroxyl groups is 1. The lowest BCUT2D eigenvalue weighted by Crippen LogP contribution is -2.57. The van der Waals surface area contributed by atoms with Crippen LogP contribution in [0.2, 0.25) is 0 Å². The van der Waals surface area contributed by atoms with Gasteiger partial charge in [-0.1, -0.05) is 30.7 Å². The molecule has 1 N–H and O–H groups in total. The Morgan fingerprint density at radius 3 is 2.34 bits per heavy atom. The minimum atomic E-state index is -0.104. The van der Waals surface area contributed by atoms with E-state index >= 15 is 0 Å². The predicted molar refractivity (Wildman–Crippen MR) is 174 cm³/mol. The van der Waals surface area contributed by atoms with Crippen LogP contribution in [-0.4, -0.2) is 108 Å². The summed E-state index contributed by atoms with van der Waals surface area (Å²) in [5, 5.41) is 10.4. The summed E-state index contributed by atoms with van der Waals surface area (Å²) in [6.07, 6.45) is 6.15. The van der Waals surface area contributed by atoms with Crippen molar-refractivity contribution in [3.63, 3.8) is 0 Å². The molecule has 8 nitrogen and oxygen atoms in total. The highest BCUT2D eigenvalue weighted by molar-refractivity contribution is 5.94. The third-order valence-corrected chi connectivity index (χ3v) is 9.64. The van der Waals surface area contributed by atoms with Crippen LogP contribution >= 0.6 is 0 Å². The van der Waals surface area contributed by atoms with E-state index in [9.17, 15) is 14.7 Å². The number of ether oxygens (including phenoxy) is 1. The molecular weight excluding hydrogens is 552 g/mol. The quantitative estimate of drug-likeness (QED) is 0.250. The molecule has 2 saturated heterocycles. The smallest absolute Gasteiger partial charge is 0.305 e. The van der Waals surface area contributed by atoms with Gasteiger partial charge in [-0.2, -0.15) is 0 Å². The average molecular weight is 605 g/mol. The summed E-state index contributed by atoms with van der Waals surface area (Å²) in [5.74, 6) is 1.12. The van der Waals surface area contributed by atoms with E-state index in [0.29, 0.717) is 25.1 Å².